The maximum Gasteiger partial charge on any atom is 0.274 e. The number of carbonyl (C=O) groups excluding carboxylic acids is 2. The van der Waals surface area contributed by atoms with Crippen LogP contribution in [0.2, 0.25) is 0 Å². The van der Waals surface area contributed by atoms with Crippen LogP contribution in [0.15, 0.2) is 71.7 Å². The zero-order valence-electron chi connectivity index (χ0n) is 18.3. The summed E-state index contributed by atoms with van der Waals surface area (Å²) in [5.74, 6) is -0.659. The lowest BCUT2D eigenvalue weighted by atomic mass is 10.0. The van der Waals surface area contributed by atoms with Crippen molar-refractivity contribution < 1.29 is 14.3 Å². The first-order chi connectivity index (χ1) is 15.5. The van der Waals surface area contributed by atoms with Gasteiger partial charge in [0.1, 0.15) is 6.61 Å². The van der Waals surface area contributed by atoms with Crippen molar-refractivity contribution in [2.45, 2.75) is 32.9 Å². The molecule has 0 spiro atoms. The summed E-state index contributed by atoms with van der Waals surface area (Å²) in [6, 6.07) is 19.3. The Morgan fingerprint density at radius 2 is 1.62 bits per heavy atom. The van der Waals surface area contributed by atoms with E-state index in [0.717, 1.165) is 11.1 Å². The number of aromatic nitrogens is 1. The van der Waals surface area contributed by atoms with Crippen molar-refractivity contribution in [1.29, 1.82) is 0 Å². The fourth-order valence-corrected chi connectivity index (χ4v) is 4.12. The molecule has 6 heteroatoms. The summed E-state index contributed by atoms with van der Waals surface area (Å²) in [6.45, 7) is 4.42. The van der Waals surface area contributed by atoms with Gasteiger partial charge in [-0.15, -0.1) is 0 Å². The van der Waals surface area contributed by atoms with Gasteiger partial charge in [0.05, 0.1) is 11.6 Å². The molecule has 1 unspecified atom stereocenters. The predicted molar refractivity (Wildman–Crippen MR) is 122 cm³/mol. The number of hydrogen-bond acceptors (Lipinski definition) is 4. The SMILES string of the molecule is CCN1CC(Cc2ccccc2)n2cc(C(C)=O)c(=O)c(OCc3ccccc3)c2C1=O. The van der Waals surface area contributed by atoms with Gasteiger partial charge in [-0.25, -0.2) is 0 Å². The minimum atomic E-state index is -0.538. The lowest BCUT2D eigenvalue weighted by Gasteiger charge is -2.36. The summed E-state index contributed by atoms with van der Waals surface area (Å²) in [5, 5.41) is 0. The van der Waals surface area contributed by atoms with Gasteiger partial charge in [0.25, 0.3) is 5.91 Å². The Morgan fingerprint density at radius 1 is 1.00 bits per heavy atom. The van der Waals surface area contributed by atoms with E-state index in [0.29, 0.717) is 19.5 Å². The summed E-state index contributed by atoms with van der Waals surface area (Å²) >= 11 is 0. The van der Waals surface area contributed by atoms with Crippen LogP contribution in [0, 0.1) is 0 Å². The quantitative estimate of drug-likeness (QED) is 0.534. The highest BCUT2D eigenvalue weighted by atomic mass is 16.5. The van der Waals surface area contributed by atoms with Crippen LogP contribution in [0.3, 0.4) is 0 Å². The van der Waals surface area contributed by atoms with Gasteiger partial charge < -0.3 is 14.2 Å². The van der Waals surface area contributed by atoms with Crippen molar-refractivity contribution in [1.82, 2.24) is 9.47 Å². The second-order valence-electron chi connectivity index (χ2n) is 7.97. The number of likely N-dealkylation sites (N-methyl/N-ethyl adjacent to an activating group) is 1. The molecule has 0 N–H and O–H groups in total. The second-order valence-corrected chi connectivity index (χ2v) is 7.97. The van der Waals surface area contributed by atoms with Crippen LogP contribution in [0.25, 0.3) is 0 Å². The number of Topliss-reactive ketones (excluding diaryl/α,β-unsaturated/α-hetero) is 1. The molecule has 0 bridgehead atoms. The molecule has 1 aliphatic heterocycles. The average molecular weight is 431 g/mol. The third-order valence-electron chi connectivity index (χ3n) is 5.81. The van der Waals surface area contributed by atoms with E-state index in [1.807, 2.05) is 67.6 Å². The number of pyridine rings is 1. The molecule has 1 aliphatic rings. The lowest BCUT2D eigenvalue weighted by molar-refractivity contribution is 0.0665. The van der Waals surface area contributed by atoms with E-state index in [1.165, 1.54) is 13.1 Å². The Morgan fingerprint density at radius 3 is 2.22 bits per heavy atom. The highest BCUT2D eigenvalue weighted by Gasteiger charge is 2.35. The van der Waals surface area contributed by atoms with Gasteiger partial charge in [-0.3, -0.25) is 14.4 Å². The molecular formula is C26H26N2O4. The van der Waals surface area contributed by atoms with Gasteiger partial charge in [0.2, 0.25) is 5.43 Å². The van der Waals surface area contributed by atoms with Gasteiger partial charge in [0, 0.05) is 19.3 Å². The van der Waals surface area contributed by atoms with Gasteiger partial charge >= 0.3 is 0 Å². The molecule has 0 saturated heterocycles. The molecule has 0 fully saturated rings. The monoisotopic (exact) mass is 430 g/mol. The van der Waals surface area contributed by atoms with E-state index in [9.17, 15) is 14.4 Å². The first-order valence-corrected chi connectivity index (χ1v) is 10.8. The summed E-state index contributed by atoms with van der Waals surface area (Å²) < 4.78 is 7.72. The van der Waals surface area contributed by atoms with Crippen molar-refractivity contribution in [2.24, 2.45) is 0 Å². The zero-order chi connectivity index (χ0) is 22.7. The lowest BCUT2D eigenvalue weighted by Crippen LogP contribution is -2.45. The molecule has 6 nitrogen and oxygen atoms in total. The number of hydrogen-bond donors (Lipinski definition) is 0. The van der Waals surface area contributed by atoms with Gasteiger partial charge in [-0.1, -0.05) is 60.7 Å². The van der Waals surface area contributed by atoms with Crippen LogP contribution >= 0.6 is 0 Å². The fourth-order valence-electron chi connectivity index (χ4n) is 4.12. The maximum absolute atomic E-state index is 13.3. The number of ketones is 1. The van der Waals surface area contributed by atoms with Gasteiger partial charge in [-0.05, 0) is 31.4 Å². The average Bonchev–Trinajstić information content (AvgIpc) is 2.81. The summed E-state index contributed by atoms with van der Waals surface area (Å²) in [7, 11) is 0. The van der Waals surface area contributed by atoms with Crippen molar-refractivity contribution in [3.05, 3.63) is 99.5 Å². The molecule has 32 heavy (non-hydrogen) atoms. The fraction of sp³-hybridized carbons (Fsp3) is 0.269. The Hall–Kier alpha value is -3.67. The van der Waals surface area contributed by atoms with Gasteiger partial charge in [0.15, 0.2) is 17.2 Å². The van der Waals surface area contributed by atoms with Gasteiger partial charge in [-0.2, -0.15) is 0 Å². The number of rotatable bonds is 7. The van der Waals surface area contributed by atoms with Crippen molar-refractivity contribution in [2.75, 3.05) is 13.1 Å². The van der Waals surface area contributed by atoms with Crippen LogP contribution in [0.4, 0.5) is 0 Å². The van der Waals surface area contributed by atoms with Crippen LogP contribution in [-0.4, -0.2) is 34.2 Å². The zero-order valence-corrected chi connectivity index (χ0v) is 18.3. The minimum Gasteiger partial charge on any atom is -0.483 e. The van der Waals surface area contributed by atoms with E-state index in [2.05, 4.69) is 0 Å². The summed E-state index contributed by atoms with van der Waals surface area (Å²) in [5.41, 5.74) is 1.70. The number of carbonyl (C=O) groups is 2. The smallest absolute Gasteiger partial charge is 0.274 e. The molecule has 1 atom stereocenters. The molecule has 1 aromatic heterocycles. The molecule has 0 saturated carbocycles. The van der Waals surface area contributed by atoms with E-state index in [4.69, 9.17) is 4.74 Å². The molecule has 2 aromatic carbocycles. The van der Waals surface area contributed by atoms with E-state index in [-0.39, 0.29) is 41.3 Å². The molecule has 1 amide bonds. The Bertz CT molecular complexity index is 1190. The molecule has 164 valence electrons. The molecule has 4 rings (SSSR count). The standard InChI is InChI=1S/C26H26N2O4/c1-3-27-15-21(14-19-10-6-4-7-11-19)28-16-22(18(2)29)24(30)25(23(28)26(27)31)32-17-20-12-8-5-9-13-20/h4-13,16,21H,3,14-15,17H2,1-2H3. The molecule has 0 radical (unpaired) electrons. The number of amides is 1. The number of benzene rings is 2. The van der Waals surface area contributed by atoms with E-state index in [1.54, 1.807) is 9.47 Å². The van der Waals surface area contributed by atoms with E-state index >= 15 is 0 Å². The third-order valence-corrected chi connectivity index (χ3v) is 5.81. The first kappa shape index (κ1) is 21.6. The van der Waals surface area contributed by atoms with Crippen molar-refractivity contribution >= 4 is 11.7 Å². The van der Waals surface area contributed by atoms with Crippen LogP contribution in [-0.2, 0) is 13.0 Å². The number of fused-ring (bicyclic) bond motifs is 1. The predicted octanol–water partition coefficient (Wildman–Crippen LogP) is 3.89. The Labute approximate surface area is 187 Å². The second kappa shape index (κ2) is 9.22. The summed E-state index contributed by atoms with van der Waals surface area (Å²) in [6.07, 6.45) is 2.20. The van der Waals surface area contributed by atoms with Crippen molar-refractivity contribution in [3.63, 3.8) is 0 Å². The van der Waals surface area contributed by atoms with Crippen LogP contribution in [0.1, 0.15) is 51.9 Å². The topological polar surface area (TPSA) is 68.6 Å². The molecule has 0 aliphatic carbocycles. The Kier molecular flexibility index (Phi) is 6.21. The highest BCUT2D eigenvalue weighted by molar-refractivity contribution is 5.99. The van der Waals surface area contributed by atoms with Crippen LogP contribution < -0.4 is 10.2 Å². The number of ether oxygens (including phenoxy) is 1. The first-order valence-electron chi connectivity index (χ1n) is 10.8. The third kappa shape index (κ3) is 4.21. The van der Waals surface area contributed by atoms with Crippen LogP contribution in [0.5, 0.6) is 5.75 Å². The maximum atomic E-state index is 13.3. The Balaban J connectivity index is 1.83. The highest BCUT2D eigenvalue weighted by Crippen LogP contribution is 2.30. The minimum absolute atomic E-state index is 0.0348. The molecule has 3 aromatic rings. The normalized spacial score (nSPS) is 15.4. The largest absolute Gasteiger partial charge is 0.483 e. The number of nitrogens with zero attached hydrogens (tertiary/aromatic N) is 2. The summed E-state index contributed by atoms with van der Waals surface area (Å²) in [4.78, 5) is 40.5. The van der Waals surface area contributed by atoms with E-state index < -0.39 is 5.43 Å². The van der Waals surface area contributed by atoms with Crippen molar-refractivity contribution in [3.8, 4) is 5.75 Å². The molecule has 2 heterocycles. The molecular weight excluding hydrogens is 404 g/mol.